The van der Waals surface area contributed by atoms with E-state index in [4.69, 9.17) is 0 Å². The number of benzene rings is 1. The Kier molecular flexibility index (Phi) is 3.87. The van der Waals surface area contributed by atoms with Gasteiger partial charge in [0.05, 0.1) is 28.4 Å². The number of nitrogens with one attached hydrogen (secondary N) is 1. The summed E-state index contributed by atoms with van der Waals surface area (Å²) in [5, 5.41) is 0. The van der Waals surface area contributed by atoms with Crippen molar-refractivity contribution in [2.45, 2.75) is 4.90 Å². The molecule has 114 valence electrons. The third-order valence-corrected chi connectivity index (χ3v) is 4.97. The fourth-order valence-electron chi connectivity index (χ4n) is 1.60. The molecule has 1 heterocycles. The Hall–Kier alpha value is -1.78. The van der Waals surface area contributed by atoms with Crippen molar-refractivity contribution in [1.29, 1.82) is 0 Å². The molecule has 10 heteroatoms. The van der Waals surface area contributed by atoms with E-state index < -0.39 is 20.0 Å². The van der Waals surface area contributed by atoms with Crippen molar-refractivity contribution in [2.24, 2.45) is 0 Å². The molecule has 2 aromatic rings. The second kappa shape index (κ2) is 5.20. The van der Waals surface area contributed by atoms with Crippen molar-refractivity contribution in [2.75, 3.05) is 25.1 Å². The second-order valence-corrected chi connectivity index (χ2v) is 8.47. The van der Waals surface area contributed by atoms with Crippen molar-refractivity contribution in [3.63, 3.8) is 0 Å². The van der Waals surface area contributed by atoms with Crippen LogP contribution in [0, 0.1) is 0 Å². The van der Waals surface area contributed by atoms with Gasteiger partial charge in [-0.3, -0.25) is 9.71 Å². The molecule has 8 nitrogen and oxygen atoms in total. The summed E-state index contributed by atoms with van der Waals surface area (Å²) in [6, 6.07) is 4.27. The van der Waals surface area contributed by atoms with Gasteiger partial charge in [-0.25, -0.2) is 26.1 Å². The van der Waals surface area contributed by atoms with Crippen LogP contribution in [-0.4, -0.2) is 51.5 Å². The zero-order valence-electron chi connectivity index (χ0n) is 11.6. The van der Waals surface area contributed by atoms with Crippen molar-refractivity contribution in [3.05, 3.63) is 24.4 Å². The van der Waals surface area contributed by atoms with Crippen molar-refractivity contribution in [1.82, 2.24) is 14.3 Å². The van der Waals surface area contributed by atoms with Crippen LogP contribution in [0.1, 0.15) is 0 Å². The van der Waals surface area contributed by atoms with Gasteiger partial charge < -0.3 is 0 Å². The van der Waals surface area contributed by atoms with Crippen LogP contribution in [0.5, 0.6) is 0 Å². The van der Waals surface area contributed by atoms with Crippen LogP contribution >= 0.6 is 0 Å². The first-order valence-electron chi connectivity index (χ1n) is 5.77. The van der Waals surface area contributed by atoms with Crippen LogP contribution < -0.4 is 4.72 Å². The largest absolute Gasteiger partial charge is 0.266 e. The summed E-state index contributed by atoms with van der Waals surface area (Å²) >= 11 is 0. The first-order valence-corrected chi connectivity index (χ1v) is 9.10. The van der Waals surface area contributed by atoms with Gasteiger partial charge in [-0.1, -0.05) is 0 Å². The summed E-state index contributed by atoms with van der Waals surface area (Å²) in [6.45, 7) is 0. The normalized spacial score (nSPS) is 12.8. The smallest absolute Gasteiger partial charge is 0.242 e. The number of hydrogen-bond acceptors (Lipinski definition) is 6. The first kappa shape index (κ1) is 15.6. The number of nitrogens with zero attached hydrogens (tertiary/aromatic N) is 3. The third kappa shape index (κ3) is 3.46. The highest BCUT2D eigenvalue weighted by molar-refractivity contribution is 7.92. The molecule has 1 aromatic carbocycles. The van der Waals surface area contributed by atoms with E-state index in [1.165, 1.54) is 38.5 Å². The lowest BCUT2D eigenvalue weighted by molar-refractivity contribution is 0.521. The highest BCUT2D eigenvalue weighted by atomic mass is 32.2. The molecular formula is C11H14N4O4S2. The summed E-state index contributed by atoms with van der Waals surface area (Å²) < 4.78 is 49.6. The molecule has 1 N–H and O–H groups in total. The zero-order valence-corrected chi connectivity index (χ0v) is 13.2. The van der Waals surface area contributed by atoms with Gasteiger partial charge in [-0.05, 0) is 18.2 Å². The van der Waals surface area contributed by atoms with E-state index in [-0.39, 0.29) is 10.7 Å². The Bertz CT molecular complexity index is 892. The number of rotatable bonds is 4. The molecule has 0 spiro atoms. The lowest BCUT2D eigenvalue weighted by Crippen LogP contribution is -2.22. The van der Waals surface area contributed by atoms with E-state index in [0.29, 0.717) is 11.0 Å². The molecule has 0 saturated carbocycles. The number of aromatic nitrogens is 2. The Morgan fingerprint density at radius 3 is 2.33 bits per heavy atom. The van der Waals surface area contributed by atoms with E-state index in [1.54, 1.807) is 0 Å². The predicted octanol–water partition coefficient (Wildman–Crippen LogP) is 0.252. The summed E-state index contributed by atoms with van der Waals surface area (Å²) in [4.78, 5) is 8.19. The van der Waals surface area contributed by atoms with Crippen LogP contribution in [-0.2, 0) is 20.0 Å². The standard InChI is InChI=1S/C11H14N4O4S2/c1-15(2)21(18,19)8-4-5-9-10(6-8)12-7-11(13-9)14-20(3,16)17/h4-7H,1-3H3,(H,13,14). The van der Waals surface area contributed by atoms with Gasteiger partial charge in [-0.2, -0.15) is 0 Å². The summed E-state index contributed by atoms with van der Waals surface area (Å²) in [5.41, 5.74) is 0.748. The SMILES string of the molecule is CN(C)S(=O)(=O)c1ccc2nc(NS(C)(=O)=O)cnc2c1. The molecule has 0 aliphatic heterocycles. The minimum atomic E-state index is -3.55. The van der Waals surface area contributed by atoms with Crippen LogP contribution in [0.4, 0.5) is 5.82 Å². The van der Waals surface area contributed by atoms with Gasteiger partial charge in [0.2, 0.25) is 20.0 Å². The van der Waals surface area contributed by atoms with Gasteiger partial charge in [0, 0.05) is 14.1 Å². The summed E-state index contributed by atoms with van der Waals surface area (Å²) in [5.74, 6) is 0.0771. The fraction of sp³-hybridized carbons (Fsp3) is 0.273. The number of hydrogen-bond donors (Lipinski definition) is 1. The van der Waals surface area contributed by atoms with Gasteiger partial charge in [0.25, 0.3) is 0 Å². The molecule has 0 radical (unpaired) electrons. The molecule has 0 unspecified atom stereocenters. The Morgan fingerprint density at radius 2 is 1.76 bits per heavy atom. The first-order chi connectivity index (χ1) is 9.59. The Morgan fingerprint density at radius 1 is 1.10 bits per heavy atom. The minimum Gasteiger partial charge on any atom is -0.266 e. The lowest BCUT2D eigenvalue weighted by Gasteiger charge is -2.11. The molecule has 21 heavy (non-hydrogen) atoms. The molecule has 0 bridgehead atoms. The molecule has 0 aliphatic rings. The van der Waals surface area contributed by atoms with Crippen LogP contribution in [0.3, 0.4) is 0 Å². The molecule has 0 saturated heterocycles. The molecule has 0 aliphatic carbocycles. The van der Waals surface area contributed by atoms with Crippen LogP contribution in [0.25, 0.3) is 11.0 Å². The quantitative estimate of drug-likeness (QED) is 0.860. The Balaban J connectivity index is 2.50. The van der Waals surface area contributed by atoms with Gasteiger partial charge >= 0.3 is 0 Å². The van der Waals surface area contributed by atoms with Crippen LogP contribution in [0.2, 0.25) is 0 Å². The van der Waals surface area contributed by atoms with E-state index in [2.05, 4.69) is 14.7 Å². The molecule has 0 fully saturated rings. The number of fused-ring (bicyclic) bond motifs is 1. The van der Waals surface area contributed by atoms with Gasteiger partial charge in [0.15, 0.2) is 5.82 Å². The molecular weight excluding hydrogens is 316 g/mol. The Labute approximate surface area is 122 Å². The van der Waals surface area contributed by atoms with Crippen molar-refractivity contribution >= 4 is 36.9 Å². The highest BCUT2D eigenvalue weighted by Gasteiger charge is 2.18. The highest BCUT2D eigenvalue weighted by Crippen LogP contribution is 2.19. The molecule has 0 atom stereocenters. The second-order valence-electron chi connectivity index (χ2n) is 4.57. The van der Waals surface area contributed by atoms with Crippen molar-refractivity contribution in [3.8, 4) is 0 Å². The maximum absolute atomic E-state index is 12.0. The molecule has 2 rings (SSSR count). The van der Waals surface area contributed by atoms with E-state index in [9.17, 15) is 16.8 Å². The summed E-state index contributed by atoms with van der Waals surface area (Å²) in [7, 11) is -4.13. The zero-order chi connectivity index (χ0) is 15.8. The average Bonchev–Trinajstić information content (AvgIpc) is 2.35. The van der Waals surface area contributed by atoms with Gasteiger partial charge in [0.1, 0.15) is 0 Å². The fourth-order valence-corrected chi connectivity index (χ4v) is 3.00. The minimum absolute atomic E-state index is 0.0771. The third-order valence-electron chi connectivity index (χ3n) is 2.58. The average molecular weight is 330 g/mol. The van der Waals surface area contributed by atoms with E-state index >= 15 is 0 Å². The maximum atomic E-state index is 12.0. The van der Waals surface area contributed by atoms with Crippen LogP contribution in [0.15, 0.2) is 29.3 Å². The maximum Gasteiger partial charge on any atom is 0.242 e. The topological polar surface area (TPSA) is 109 Å². The number of anilines is 1. The summed E-state index contributed by atoms with van der Waals surface area (Å²) in [6.07, 6.45) is 2.24. The monoisotopic (exact) mass is 330 g/mol. The molecule has 0 amide bonds. The van der Waals surface area contributed by atoms with E-state index in [0.717, 1.165) is 10.6 Å². The molecule has 1 aromatic heterocycles. The van der Waals surface area contributed by atoms with Gasteiger partial charge in [-0.15, -0.1) is 0 Å². The number of sulfonamides is 2. The van der Waals surface area contributed by atoms with E-state index in [1.807, 2.05) is 0 Å². The van der Waals surface area contributed by atoms with Crippen molar-refractivity contribution < 1.29 is 16.8 Å². The lowest BCUT2D eigenvalue weighted by atomic mass is 10.3. The predicted molar refractivity (Wildman–Crippen MR) is 78.9 cm³/mol.